The van der Waals surface area contributed by atoms with Crippen LogP contribution in [0.4, 0.5) is 0 Å². The highest BCUT2D eigenvalue weighted by atomic mass is 16.5. The van der Waals surface area contributed by atoms with E-state index in [-0.39, 0.29) is 12.6 Å². The maximum atomic E-state index is 10.5. The molecule has 1 saturated heterocycles. The van der Waals surface area contributed by atoms with Crippen LogP contribution < -0.4 is 20.1 Å². The molecule has 1 heterocycles. The van der Waals surface area contributed by atoms with E-state index in [1.807, 2.05) is 6.92 Å². The van der Waals surface area contributed by atoms with Gasteiger partial charge in [0.15, 0.2) is 5.96 Å². The number of aliphatic hydroxyl groups excluding tert-OH is 1. The van der Waals surface area contributed by atoms with Gasteiger partial charge in [-0.2, -0.15) is 0 Å². The number of nitrogens with zero attached hydrogens (tertiary/aromatic N) is 1. The number of aliphatic imine (C=N–C) groups is 1. The first-order valence-corrected chi connectivity index (χ1v) is 10.3. The first-order chi connectivity index (χ1) is 14.2. The normalized spacial score (nSPS) is 17.8. The van der Waals surface area contributed by atoms with Crippen LogP contribution in [0, 0.1) is 0 Å². The molecule has 0 aliphatic carbocycles. The molecule has 2 atom stereocenters. The van der Waals surface area contributed by atoms with Crippen molar-refractivity contribution in [3.63, 3.8) is 0 Å². The summed E-state index contributed by atoms with van der Waals surface area (Å²) in [6, 6.07) is 5.34. The smallest absolute Gasteiger partial charge is 0.191 e. The lowest BCUT2D eigenvalue weighted by Crippen LogP contribution is -2.38. The zero-order valence-corrected chi connectivity index (χ0v) is 17.8. The van der Waals surface area contributed by atoms with Crippen LogP contribution in [0.5, 0.6) is 11.5 Å². The lowest BCUT2D eigenvalue weighted by Gasteiger charge is -2.15. The maximum Gasteiger partial charge on any atom is 0.191 e. The quantitative estimate of drug-likeness (QED) is 0.276. The van der Waals surface area contributed by atoms with Gasteiger partial charge in [-0.25, -0.2) is 0 Å². The van der Waals surface area contributed by atoms with Crippen LogP contribution in [0.2, 0.25) is 0 Å². The Labute approximate surface area is 173 Å². The summed E-state index contributed by atoms with van der Waals surface area (Å²) in [6.07, 6.45) is 2.60. The molecule has 8 nitrogen and oxygen atoms in total. The first-order valence-electron chi connectivity index (χ1n) is 10.3. The fourth-order valence-electron chi connectivity index (χ4n) is 3.02. The third kappa shape index (κ3) is 8.47. The van der Waals surface area contributed by atoms with Crippen LogP contribution in [0.3, 0.4) is 0 Å². The van der Waals surface area contributed by atoms with Gasteiger partial charge in [0.2, 0.25) is 0 Å². The maximum absolute atomic E-state index is 10.5. The molecule has 1 aliphatic heterocycles. The van der Waals surface area contributed by atoms with Gasteiger partial charge < -0.3 is 34.7 Å². The number of hydrogen-bond acceptors (Lipinski definition) is 6. The number of ether oxygens (including phenoxy) is 4. The van der Waals surface area contributed by atoms with Crippen LogP contribution in [0.1, 0.15) is 37.9 Å². The second-order valence-corrected chi connectivity index (χ2v) is 6.87. The lowest BCUT2D eigenvalue weighted by molar-refractivity contribution is 0.0168. The van der Waals surface area contributed by atoms with Gasteiger partial charge in [0.1, 0.15) is 11.5 Å². The SMILES string of the molecule is CCNC(=NCC(O)c1cc(OC)cc(OC)c1)NCCCOCC1CCCO1. The molecular weight excluding hydrogens is 374 g/mol. The number of aliphatic hydroxyl groups is 1. The first kappa shape index (κ1) is 23.3. The number of hydrogen-bond donors (Lipinski definition) is 3. The van der Waals surface area contributed by atoms with E-state index in [9.17, 15) is 5.11 Å². The second kappa shape index (κ2) is 13.2. The third-order valence-electron chi connectivity index (χ3n) is 4.61. The van der Waals surface area contributed by atoms with Crippen molar-refractivity contribution in [3.05, 3.63) is 23.8 Å². The van der Waals surface area contributed by atoms with Crippen molar-refractivity contribution < 1.29 is 24.1 Å². The Hall–Kier alpha value is -2.03. The van der Waals surface area contributed by atoms with Crippen LogP contribution >= 0.6 is 0 Å². The van der Waals surface area contributed by atoms with E-state index < -0.39 is 6.10 Å². The van der Waals surface area contributed by atoms with Crippen molar-refractivity contribution in [2.45, 2.75) is 38.4 Å². The van der Waals surface area contributed by atoms with E-state index in [4.69, 9.17) is 18.9 Å². The third-order valence-corrected chi connectivity index (χ3v) is 4.61. The largest absolute Gasteiger partial charge is 0.497 e. The molecule has 0 bridgehead atoms. The molecule has 0 aromatic heterocycles. The molecule has 1 fully saturated rings. The molecule has 0 spiro atoms. The summed E-state index contributed by atoms with van der Waals surface area (Å²) in [4.78, 5) is 4.48. The fraction of sp³-hybridized carbons (Fsp3) is 0.667. The lowest BCUT2D eigenvalue weighted by atomic mass is 10.1. The Morgan fingerprint density at radius 1 is 1.24 bits per heavy atom. The fourth-order valence-corrected chi connectivity index (χ4v) is 3.02. The number of rotatable bonds is 12. The van der Waals surface area contributed by atoms with Gasteiger partial charge in [0.25, 0.3) is 0 Å². The Balaban J connectivity index is 1.76. The molecule has 1 aromatic carbocycles. The molecule has 0 radical (unpaired) electrons. The molecule has 2 unspecified atom stereocenters. The minimum atomic E-state index is -0.760. The average Bonchev–Trinajstić information content (AvgIpc) is 3.27. The Morgan fingerprint density at radius 2 is 2.00 bits per heavy atom. The minimum Gasteiger partial charge on any atom is -0.497 e. The average molecular weight is 410 g/mol. The van der Waals surface area contributed by atoms with E-state index in [0.717, 1.165) is 39.0 Å². The highest BCUT2D eigenvalue weighted by molar-refractivity contribution is 5.79. The summed E-state index contributed by atoms with van der Waals surface area (Å²) < 4.78 is 21.7. The van der Waals surface area contributed by atoms with Gasteiger partial charge in [-0.15, -0.1) is 0 Å². The molecule has 1 aliphatic rings. The topological polar surface area (TPSA) is 93.6 Å². The highest BCUT2D eigenvalue weighted by Gasteiger charge is 2.15. The zero-order chi connectivity index (χ0) is 20.9. The molecule has 1 aromatic rings. The highest BCUT2D eigenvalue weighted by Crippen LogP contribution is 2.26. The van der Waals surface area contributed by atoms with Crippen LogP contribution in [-0.2, 0) is 9.47 Å². The van der Waals surface area contributed by atoms with E-state index in [1.165, 1.54) is 0 Å². The van der Waals surface area contributed by atoms with E-state index >= 15 is 0 Å². The molecule has 29 heavy (non-hydrogen) atoms. The van der Waals surface area contributed by atoms with Crippen LogP contribution in [0.15, 0.2) is 23.2 Å². The van der Waals surface area contributed by atoms with E-state index in [0.29, 0.717) is 36.2 Å². The Morgan fingerprint density at radius 3 is 2.62 bits per heavy atom. The molecule has 3 N–H and O–H groups in total. The summed E-state index contributed by atoms with van der Waals surface area (Å²) in [6.45, 7) is 5.91. The number of benzene rings is 1. The van der Waals surface area contributed by atoms with E-state index in [1.54, 1.807) is 32.4 Å². The molecular formula is C21H35N3O5. The van der Waals surface area contributed by atoms with Crippen molar-refractivity contribution in [1.29, 1.82) is 0 Å². The summed E-state index contributed by atoms with van der Waals surface area (Å²) >= 11 is 0. The molecule has 164 valence electrons. The van der Waals surface area contributed by atoms with Crippen LogP contribution in [0.25, 0.3) is 0 Å². The number of guanidine groups is 1. The summed E-state index contributed by atoms with van der Waals surface area (Å²) in [5, 5.41) is 17.0. The summed E-state index contributed by atoms with van der Waals surface area (Å²) in [5.74, 6) is 1.94. The van der Waals surface area contributed by atoms with Gasteiger partial charge in [-0.05, 0) is 43.9 Å². The predicted molar refractivity (Wildman–Crippen MR) is 113 cm³/mol. The Bertz CT molecular complexity index is 598. The molecule has 0 saturated carbocycles. The minimum absolute atomic E-state index is 0.223. The van der Waals surface area contributed by atoms with Crippen molar-refractivity contribution in [2.24, 2.45) is 4.99 Å². The summed E-state index contributed by atoms with van der Waals surface area (Å²) in [5.41, 5.74) is 0.698. The van der Waals surface area contributed by atoms with Crippen LogP contribution in [-0.4, -0.2) is 70.8 Å². The molecule has 2 rings (SSSR count). The van der Waals surface area contributed by atoms with Gasteiger partial charge in [0.05, 0.1) is 39.6 Å². The molecule has 8 heteroatoms. The van der Waals surface area contributed by atoms with Gasteiger partial charge in [-0.1, -0.05) is 0 Å². The van der Waals surface area contributed by atoms with Gasteiger partial charge in [0, 0.05) is 32.4 Å². The van der Waals surface area contributed by atoms with Gasteiger partial charge >= 0.3 is 0 Å². The van der Waals surface area contributed by atoms with Crippen molar-refractivity contribution in [3.8, 4) is 11.5 Å². The molecule has 0 amide bonds. The van der Waals surface area contributed by atoms with Crippen molar-refractivity contribution in [1.82, 2.24) is 10.6 Å². The van der Waals surface area contributed by atoms with Crippen molar-refractivity contribution in [2.75, 3.05) is 53.7 Å². The number of methoxy groups -OCH3 is 2. The van der Waals surface area contributed by atoms with Crippen molar-refractivity contribution >= 4 is 5.96 Å². The zero-order valence-electron chi connectivity index (χ0n) is 17.8. The monoisotopic (exact) mass is 409 g/mol. The Kier molecular flexibility index (Phi) is 10.6. The summed E-state index contributed by atoms with van der Waals surface area (Å²) in [7, 11) is 3.17. The predicted octanol–water partition coefficient (Wildman–Crippen LogP) is 1.88. The standard InChI is InChI=1S/C21H35N3O5/c1-4-22-21(23-8-6-9-28-15-17-7-5-10-29-17)24-14-20(25)16-11-18(26-2)13-19(12-16)27-3/h11-13,17,20,25H,4-10,14-15H2,1-3H3,(H2,22,23,24). The number of nitrogens with one attached hydrogen (secondary N) is 2. The van der Waals surface area contributed by atoms with E-state index in [2.05, 4.69) is 15.6 Å². The van der Waals surface area contributed by atoms with Gasteiger partial charge in [-0.3, -0.25) is 4.99 Å². The second-order valence-electron chi connectivity index (χ2n) is 6.87.